The first-order chi connectivity index (χ1) is 12.1. The molecule has 0 bridgehead atoms. The molecule has 1 fully saturated rings. The number of ether oxygens (including phenoxy) is 2. The van der Waals surface area contributed by atoms with Crippen LogP contribution in [0.2, 0.25) is 0 Å². The van der Waals surface area contributed by atoms with E-state index in [1.165, 1.54) is 6.26 Å². The van der Waals surface area contributed by atoms with Gasteiger partial charge in [-0.25, -0.2) is 4.79 Å². The highest BCUT2D eigenvalue weighted by atomic mass is 16.7. The predicted molar refractivity (Wildman–Crippen MR) is 85.3 cm³/mol. The van der Waals surface area contributed by atoms with Crippen LogP contribution < -0.4 is 0 Å². The van der Waals surface area contributed by atoms with Gasteiger partial charge in [0.25, 0.3) is 0 Å². The molecule has 0 atom stereocenters. The Kier molecular flexibility index (Phi) is 4.97. The first-order valence-corrected chi connectivity index (χ1v) is 7.62. The molecule has 0 saturated carbocycles. The summed E-state index contributed by atoms with van der Waals surface area (Å²) in [5.74, 6) is -3.36. The van der Waals surface area contributed by atoms with Gasteiger partial charge in [-0.2, -0.15) is 0 Å². The Morgan fingerprint density at radius 1 is 1.08 bits per heavy atom. The molecule has 7 heteroatoms. The smallest absolute Gasteiger partial charge is 0.371 e. The Morgan fingerprint density at radius 3 is 2.52 bits per heavy atom. The van der Waals surface area contributed by atoms with Gasteiger partial charge < -0.3 is 24.1 Å². The van der Waals surface area contributed by atoms with Crippen molar-refractivity contribution in [1.29, 1.82) is 0 Å². The summed E-state index contributed by atoms with van der Waals surface area (Å²) in [5.41, 5.74) is 2.34. The van der Waals surface area contributed by atoms with E-state index in [1.807, 2.05) is 24.3 Å². The van der Waals surface area contributed by atoms with Gasteiger partial charge in [0.15, 0.2) is 12.1 Å². The van der Waals surface area contributed by atoms with Crippen molar-refractivity contribution in [3.05, 3.63) is 70.9 Å². The Labute approximate surface area is 143 Å². The fourth-order valence-corrected chi connectivity index (χ4v) is 2.61. The third-order valence-electron chi connectivity index (χ3n) is 3.77. The third kappa shape index (κ3) is 3.78. The highest BCUT2D eigenvalue weighted by Gasteiger charge is 2.23. The number of hydrogen-bond donors (Lipinski definition) is 2. The number of hydrogen-bond acceptors (Lipinski definition) is 6. The van der Waals surface area contributed by atoms with Crippen LogP contribution in [-0.2, 0) is 20.7 Å². The molecule has 0 spiro atoms. The summed E-state index contributed by atoms with van der Waals surface area (Å²) in [4.78, 5) is 22.8. The topological polar surface area (TPSA) is 106 Å². The Morgan fingerprint density at radius 2 is 1.80 bits per heavy atom. The van der Waals surface area contributed by atoms with Crippen molar-refractivity contribution in [3.8, 4) is 0 Å². The van der Waals surface area contributed by atoms with Crippen molar-refractivity contribution in [1.82, 2.24) is 0 Å². The van der Waals surface area contributed by atoms with E-state index in [-0.39, 0.29) is 5.76 Å². The maximum absolute atomic E-state index is 12.1. The zero-order valence-electron chi connectivity index (χ0n) is 13.2. The predicted octanol–water partition coefficient (Wildman–Crippen LogP) is 2.63. The number of carboxylic acid groups (broad SMARTS) is 1. The van der Waals surface area contributed by atoms with Gasteiger partial charge in [-0.1, -0.05) is 24.3 Å². The van der Waals surface area contributed by atoms with Crippen molar-refractivity contribution in [2.24, 2.45) is 0 Å². The molecule has 0 aliphatic carbocycles. The Bertz CT molecular complexity index is 812. The number of allylic oxidation sites excluding steroid dienone is 1. The number of benzene rings is 1. The number of carbonyl (C=O) groups excluding carboxylic acids is 1. The maximum atomic E-state index is 12.1. The molecule has 25 heavy (non-hydrogen) atoms. The second-order valence-electron chi connectivity index (χ2n) is 5.42. The van der Waals surface area contributed by atoms with E-state index in [0.717, 1.165) is 11.1 Å². The Balaban J connectivity index is 1.86. The molecule has 2 aromatic rings. The van der Waals surface area contributed by atoms with Gasteiger partial charge in [0, 0.05) is 23.6 Å². The largest absolute Gasteiger partial charge is 0.502 e. The van der Waals surface area contributed by atoms with Crippen LogP contribution in [0.5, 0.6) is 0 Å². The Hall–Kier alpha value is -2.90. The van der Waals surface area contributed by atoms with Crippen LogP contribution in [0.3, 0.4) is 0 Å². The third-order valence-corrected chi connectivity index (χ3v) is 3.77. The molecule has 2 N–H and O–H groups in total. The van der Waals surface area contributed by atoms with Crippen molar-refractivity contribution >= 4 is 11.8 Å². The van der Waals surface area contributed by atoms with Crippen LogP contribution in [0.4, 0.5) is 0 Å². The number of aliphatic hydroxyl groups is 1. The van der Waals surface area contributed by atoms with Crippen molar-refractivity contribution in [2.75, 3.05) is 13.2 Å². The summed E-state index contributed by atoms with van der Waals surface area (Å²) >= 11 is 0. The molecule has 7 nitrogen and oxygen atoms in total. The summed E-state index contributed by atoms with van der Waals surface area (Å²) < 4.78 is 16.3. The summed E-state index contributed by atoms with van der Waals surface area (Å²) in [7, 11) is 0. The van der Waals surface area contributed by atoms with Crippen molar-refractivity contribution in [2.45, 2.75) is 12.7 Å². The quantitative estimate of drug-likeness (QED) is 0.471. The second-order valence-corrected chi connectivity index (χ2v) is 5.42. The van der Waals surface area contributed by atoms with Gasteiger partial charge in [0.05, 0.1) is 19.5 Å². The van der Waals surface area contributed by atoms with E-state index < -0.39 is 23.8 Å². The van der Waals surface area contributed by atoms with Crippen molar-refractivity contribution < 1.29 is 33.7 Å². The molecule has 130 valence electrons. The molecule has 0 radical (unpaired) electrons. The van der Waals surface area contributed by atoms with E-state index in [0.29, 0.717) is 31.3 Å². The first kappa shape index (κ1) is 16.9. The van der Waals surface area contributed by atoms with Crippen LogP contribution in [0, 0.1) is 0 Å². The summed E-state index contributed by atoms with van der Waals surface area (Å²) in [6, 6.07) is 9.16. The average molecular weight is 344 g/mol. The number of furan rings is 1. The average Bonchev–Trinajstić information content (AvgIpc) is 3.26. The van der Waals surface area contributed by atoms with E-state index in [1.54, 1.807) is 6.07 Å². The summed E-state index contributed by atoms with van der Waals surface area (Å²) in [6.45, 7) is 1.04. The van der Waals surface area contributed by atoms with Crippen LogP contribution in [0.15, 0.2) is 52.8 Å². The van der Waals surface area contributed by atoms with Gasteiger partial charge >= 0.3 is 5.97 Å². The molecular formula is C18H16O7. The standard InChI is InChI=1S/C18H16O7/c19-14(10-15(20)17(21)22)16-12(5-6-23-16)9-11-3-1-2-4-13(11)18-24-7-8-25-18/h1-6,10,18,20H,7-9H2,(H,21,22)/b15-10-. The van der Waals surface area contributed by atoms with Crippen LogP contribution >= 0.6 is 0 Å². The molecule has 1 aromatic carbocycles. The lowest BCUT2D eigenvalue weighted by molar-refractivity contribution is -0.135. The van der Waals surface area contributed by atoms with Gasteiger partial charge in [0.1, 0.15) is 0 Å². The molecule has 1 aliphatic rings. The minimum absolute atomic E-state index is 0.0177. The van der Waals surface area contributed by atoms with Gasteiger partial charge in [0.2, 0.25) is 11.5 Å². The molecule has 0 amide bonds. The first-order valence-electron chi connectivity index (χ1n) is 7.62. The van der Waals surface area contributed by atoms with E-state index >= 15 is 0 Å². The molecular weight excluding hydrogens is 328 g/mol. The minimum atomic E-state index is -1.58. The number of aliphatic hydroxyl groups excluding tert-OH is 1. The number of carboxylic acids is 1. The van der Waals surface area contributed by atoms with Gasteiger partial charge in [-0.3, -0.25) is 4.79 Å². The summed E-state index contributed by atoms with van der Waals surface area (Å²) in [6.07, 6.45) is 1.90. The molecule has 1 saturated heterocycles. The number of ketones is 1. The van der Waals surface area contributed by atoms with Gasteiger partial charge in [-0.05, 0) is 11.6 Å². The van der Waals surface area contributed by atoms with Crippen molar-refractivity contribution in [3.63, 3.8) is 0 Å². The molecule has 1 aromatic heterocycles. The maximum Gasteiger partial charge on any atom is 0.371 e. The number of aliphatic carboxylic acids is 1. The highest BCUT2D eigenvalue weighted by molar-refractivity contribution is 6.06. The molecule has 2 heterocycles. The summed E-state index contributed by atoms with van der Waals surface area (Å²) in [5, 5.41) is 17.9. The normalized spacial score (nSPS) is 15.4. The SMILES string of the molecule is O=C(O)/C(O)=C/C(=O)c1occc1Cc1ccccc1C1OCCO1. The van der Waals surface area contributed by atoms with Crippen LogP contribution in [-0.4, -0.2) is 35.2 Å². The minimum Gasteiger partial charge on any atom is -0.502 e. The molecule has 0 unspecified atom stereocenters. The van der Waals surface area contributed by atoms with Gasteiger partial charge in [-0.15, -0.1) is 0 Å². The monoisotopic (exact) mass is 344 g/mol. The van der Waals surface area contributed by atoms with Crippen LogP contribution in [0.1, 0.15) is 33.5 Å². The van der Waals surface area contributed by atoms with E-state index in [2.05, 4.69) is 0 Å². The molecule has 3 rings (SSSR count). The fraction of sp³-hybridized carbons (Fsp3) is 0.222. The zero-order valence-corrected chi connectivity index (χ0v) is 13.2. The molecule has 1 aliphatic heterocycles. The number of rotatable bonds is 6. The lowest BCUT2D eigenvalue weighted by Crippen LogP contribution is -2.07. The second kappa shape index (κ2) is 7.33. The number of carbonyl (C=O) groups is 2. The fourth-order valence-electron chi connectivity index (χ4n) is 2.61. The van der Waals surface area contributed by atoms with E-state index in [4.69, 9.17) is 19.0 Å². The zero-order chi connectivity index (χ0) is 17.8. The highest BCUT2D eigenvalue weighted by Crippen LogP contribution is 2.28. The van der Waals surface area contributed by atoms with Crippen LogP contribution in [0.25, 0.3) is 0 Å². The van der Waals surface area contributed by atoms with E-state index in [9.17, 15) is 14.7 Å². The lowest BCUT2D eigenvalue weighted by atomic mass is 9.98. The lowest BCUT2D eigenvalue weighted by Gasteiger charge is -2.14.